The van der Waals surface area contributed by atoms with E-state index in [0.29, 0.717) is 17.5 Å². The highest BCUT2D eigenvalue weighted by Crippen LogP contribution is 2.35. The van der Waals surface area contributed by atoms with Crippen LogP contribution in [-0.4, -0.2) is 74.8 Å². The van der Waals surface area contributed by atoms with Crippen molar-refractivity contribution in [1.82, 2.24) is 74.8 Å². The molecule has 15 nitrogen and oxygen atoms in total. The smallest absolute Gasteiger partial charge is 0.178 e. The van der Waals surface area contributed by atoms with Crippen LogP contribution in [0.15, 0.2) is 174 Å². The minimum absolute atomic E-state index is 0.614. The van der Waals surface area contributed by atoms with Crippen molar-refractivity contribution in [2.75, 3.05) is 0 Å². The molecule has 0 aliphatic rings. The summed E-state index contributed by atoms with van der Waals surface area (Å²) in [5.41, 5.74) is 9.41. The molecule has 67 heavy (non-hydrogen) atoms. The lowest BCUT2D eigenvalue weighted by molar-refractivity contribution is 1.13. The van der Waals surface area contributed by atoms with Gasteiger partial charge in [-0.15, -0.1) is 68.0 Å². The van der Waals surface area contributed by atoms with E-state index >= 15 is 0 Å². The van der Waals surface area contributed by atoms with Crippen LogP contribution in [0, 0.1) is 0 Å². The second-order valence-corrected chi connectivity index (χ2v) is 19.3. The van der Waals surface area contributed by atoms with Gasteiger partial charge >= 0.3 is 0 Å². The maximum Gasteiger partial charge on any atom is 0.178 e. The van der Waals surface area contributed by atoms with Crippen molar-refractivity contribution in [3.05, 3.63) is 174 Å². The van der Waals surface area contributed by atoms with E-state index in [1.54, 1.807) is 130 Å². The molecule has 0 unspecified atom stereocenters. The second-order valence-electron chi connectivity index (χ2n) is 12.9. The quantitative estimate of drug-likeness (QED) is 0.130. The third-order valence-electron chi connectivity index (χ3n) is 8.47. The molecule has 12 aromatic rings. The minimum Gasteiger partial charge on any atom is -0.252 e. The molecule has 0 saturated carbocycles. The fourth-order valence-corrected chi connectivity index (χ4v) is 10.4. The van der Waals surface area contributed by atoms with E-state index in [0.717, 1.165) is 72.5 Å². The lowest BCUT2D eigenvalue weighted by Gasteiger charge is -2.01. The number of pyridine rings is 3. The first kappa shape index (κ1) is 45.1. The molecule has 0 bridgehead atoms. The van der Waals surface area contributed by atoms with Gasteiger partial charge in [-0.3, -0.25) is 15.0 Å². The van der Waals surface area contributed by atoms with Crippen molar-refractivity contribution in [3.63, 3.8) is 0 Å². The van der Waals surface area contributed by atoms with Gasteiger partial charge < -0.3 is 0 Å². The summed E-state index contributed by atoms with van der Waals surface area (Å²) in [6.07, 6.45) is 21.3. The average molecular weight is 1050 g/mol. The van der Waals surface area contributed by atoms with Gasteiger partial charge in [-0.2, -0.15) is 0 Å². The second kappa shape index (κ2) is 22.9. The Hall–Kier alpha value is -7.05. The Balaban J connectivity index is 0.000000117. The molecule has 0 saturated heterocycles. The SMILES string of the molecule is Brc1cccc(-c2ncccn2)n1.c1cnc(-c2cccc(-c3cnc(-c4cncs4)s3)n2)nc1.c1cnc(-c2cccc(-c3ncc(-c4cncs4)s3)n2)nc1.c1csc(-c2cncs2)n1. The number of halogens is 1. The zero-order chi connectivity index (χ0) is 45.5. The van der Waals surface area contributed by atoms with Crippen molar-refractivity contribution in [1.29, 1.82) is 0 Å². The maximum atomic E-state index is 4.64. The molecule has 22 heteroatoms. The van der Waals surface area contributed by atoms with E-state index in [1.165, 1.54) is 0 Å². The van der Waals surface area contributed by atoms with E-state index < -0.39 is 0 Å². The fourth-order valence-electron chi connectivity index (χ4n) is 5.54. The van der Waals surface area contributed by atoms with Crippen LogP contribution < -0.4 is 0 Å². The summed E-state index contributed by atoms with van der Waals surface area (Å²) in [5.74, 6) is 1.88. The predicted octanol–water partition coefficient (Wildman–Crippen LogP) is 12.1. The summed E-state index contributed by atoms with van der Waals surface area (Å²) in [5, 5.41) is 4.86. The molecular weight excluding hydrogens is 1020 g/mol. The Labute approximate surface area is 414 Å². The summed E-state index contributed by atoms with van der Waals surface area (Å²) in [6, 6.07) is 22.6. The van der Waals surface area contributed by atoms with E-state index in [2.05, 4.69) is 90.7 Å². The van der Waals surface area contributed by atoms with Gasteiger partial charge in [0.05, 0.1) is 52.3 Å². The number of aromatic nitrogens is 15. The number of rotatable bonds is 8. The number of thiazole rings is 6. The van der Waals surface area contributed by atoms with Crippen molar-refractivity contribution in [2.45, 2.75) is 0 Å². The van der Waals surface area contributed by atoms with E-state index in [9.17, 15) is 0 Å². The lowest BCUT2D eigenvalue weighted by atomic mass is 10.2. The Kier molecular flexibility index (Phi) is 15.4. The molecule has 0 fully saturated rings. The summed E-state index contributed by atoms with van der Waals surface area (Å²) < 4.78 is 0.789. The van der Waals surface area contributed by atoms with Crippen LogP contribution in [-0.2, 0) is 0 Å². The van der Waals surface area contributed by atoms with Crippen molar-refractivity contribution >= 4 is 84.0 Å². The third kappa shape index (κ3) is 12.2. The Bertz CT molecular complexity index is 3140. The van der Waals surface area contributed by atoms with E-state index in [-0.39, 0.29) is 0 Å². The molecule has 0 amide bonds. The number of nitrogens with zero attached hydrogens (tertiary/aromatic N) is 15. The van der Waals surface area contributed by atoms with Crippen LogP contribution in [0.2, 0.25) is 0 Å². The largest absolute Gasteiger partial charge is 0.252 e. The normalized spacial score (nSPS) is 10.5. The van der Waals surface area contributed by atoms with Crippen LogP contribution in [0.3, 0.4) is 0 Å². The molecule has 0 atom stereocenters. The number of hydrogen-bond acceptors (Lipinski definition) is 21. The topological polar surface area (TPSA) is 193 Å². The highest BCUT2D eigenvalue weighted by atomic mass is 79.9. The maximum absolute atomic E-state index is 4.64. The molecular formula is C45H28BrN15S6. The van der Waals surface area contributed by atoms with Crippen LogP contribution in [0.5, 0.6) is 0 Å². The van der Waals surface area contributed by atoms with Gasteiger partial charge in [0.2, 0.25) is 0 Å². The molecule has 0 aliphatic carbocycles. The van der Waals surface area contributed by atoms with Crippen LogP contribution in [0.25, 0.3) is 85.4 Å². The predicted molar refractivity (Wildman–Crippen MR) is 271 cm³/mol. The summed E-state index contributed by atoms with van der Waals surface area (Å²) in [6.45, 7) is 0. The molecule has 12 aromatic heterocycles. The Morgan fingerprint density at radius 1 is 0.328 bits per heavy atom. The highest BCUT2D eigenvalue weighted by molar-refractivity contribution is 9.10. The standard InChI is InChI=1S/2C15H9N5S2.C9H6BrN3.C6H4N2S2/c1-3-10(20-11(4-1)14-17-5-2-6-18-14)12-8-19-15(22-12)13-7-16-9-21-13;1-3-10(14-17-5-2-6-18-14)20-11(4-1)15-19-8-13(22-15)12-7-16-9-21-12;10-8-4-1-3-7(13-8)9-11-5-2-6-12-9;1-2-9-6(8-1)5-3-7-4-10-5/h2*1-9H;1-6H;1-4H. The van der Waals surface area contributed by atoms with Gasteiger partial charge in [0.25, 0.3) is 0 Å². The van der Waals surface area contributed by atoms with Crippen molar-refractivity contribution in [3.8, 4) is 85.4 Å². The molecule has 12 heterocycles. The lowest BCUT2D eigenvalue weighted by Crippen LogP contribution is -1.91. The van der Waals surface area contributed by atoms with Gasteiger partial charge in [0, 0.05) is 79.7 Å². The molecule has 0 aliphatic heterocycles. The average Bonchev–Trinajstić information content (AvgIpc) is 4.26. The van der Waals surface area contributed by atoms with Gasteiger partial charge in [-0.25, -0.2) is 59.8 Å². The molecule has 0 radical (unpaired) electrons. The Morgan fingerprint density at radius 3 is 1.33 bits per heavy atom. The first-order valence-corrected chi connectivity index (χ1v) is 25.4. The van der Waals surface area contributed by atoms with Gasteiger partial charge in [0.1, 0.15) is 36.7 Å². The van der Waals surface area contributed by atoms with Gasteiger partial charge in [-0.05, 0) is 70.5 Å². The van der Waals surface area contributed by atoms with E-state index in [4.69, 9.17) is 0 Å². The summed E-state index contributed by atoms with van der Waals surface area (Å²) >= 11 is 12.9. The fraction of sp³-hybridized carbons (Fsp3) is 0. The zero-order valence-electron chi connectivity index (χ0n) is 34.2. The zero-order valence-corrected chi connectivity index (χ0v) is 40.7. The molecule has 0 N–H and O–H groups in total. The first-order valence-electron chi connectivity index (χ1n) is 19.5. The Morgan fingerprint density at radius 2 is 0.791 bits per heavy atom. The molecule has 0 spiro atoms. The van der Waals surface area contributed by atoms with Crippen LogP contribution in [0.4, 0.5) is 0 Å². The highest BCUT2D eigenvalue weighted by Gasteiger charge is 2.13. The monoisotopic (exact) mass is 1050 g/mol. The first-order chi connectivity index (χ1) is 33.1. The molecule has 326 valence electrons. The van der Waals surface area contributed by atoms with Gasteiger partial charge in [-0.1, -0.05) is 18.2 Å². The molecule has 12 rings (SSSR count). The van der Waals surface area contributed by atoms with Gasteiger partial charge in [0.15, 0.2) is 17.5 Å². The van der Waals surface area contributed by atoms with Crippen LogP contribution in [0.1, 0.15) is 0 Å². The third-order valence-corrected chi connectivity index (χ3v) is 14.6. The van der Waals surface area contributed by atoms with Crippen molar-refractivity contribution < 1.29 is 0 Å². The van der Waals surface area contributed by atoms with E-state index in [1.807, 2.05) is 107 Å². The number of hydrogen-bond donors (Lipinski definition) is 0. The van der Waals surface area contributed by atoms with Crippen molar-refractivity contribution in [2.24, 2.45) is 0 Å². The summed E-state index contributed by atoms with van der Waals surface area (Å²) in [7, 11) is 0. The van der Waals surface area contributed by atoms with Crippen LogP contribution >= 0.6 is 84.0 Å². The minimum atomic E-state index is 0.614. The summed E-state index contributed by atoms with van der Waals surface area (Å²) in [4.78, 5) is 69.3. The molecule has 0 aromatic carbocycles.